The highest BCUT2D eigenvalue weighted by molar-refractivity contribution is 5.78. The van der Waals surface area contributed by atoms with Gasteiger partial charge in [0, 0.05) is 26.2 Å². The maximum atomic E-state index is 12.0. The Morgan fingerprint density at radius 3 is 2.24 bits per heavy atom. The van der Waals surface area contributed by atoms with Crippen LogP contribution in [0.25, 0.3) is 0 Å². The predicted molar refractivity (Wildman–Crippen MR) is 80.9 cm³/mol. The molecule has 1 rings (SSSR count). The van der Waals surface area contributed by atoms with Gasteiger partial charge in [-0.25, -0.2) is 4.79 Å². The fourth-order valence-electron chi connectivity index (χ4n) is 2.00. The smallest absolute Gasteiger partial charge is 0.410 e. The third-order valence-corrected chi connectivity index (χ3v) is 3.12. The number of carbonyl (C=O) groups is 2. The Hall–Kier alpha value is -1.34. The molecule has 0 saturated carbocycles. The number of hydrogen-bond donors (Lipinski definition) is 2. The zero-order chi connectivity index (χ0) is 15.9. The Kier molecular flexibility index (Phi) is 6.91. The Balaban J connectivity index is 2.28. The van der Waals surface area contributed by atoms with Gasteiger partial charge in [-0.3, -0.25) is 4.79 Å². The highest BCUT2D eigenvalue weighted by Crippen LogP contribution is 2.11. The largest absolute Gasteiger partial charge is 0.444 e. The number of piperazine rings is 1. The normalized spacial score (nSPS) is 16.0. The highest BCUT2D eigenvalue weighted by Gasteiger charge is 2.27. The zero-order valence-electron chi connectivity index (χ0n) is 13.4. The minimum absolute atomic E-state index is 0.0656. The first-order chi connectivity index (χ1) is 9.83. The first kappa shape index (κ1) is 17.7. The highest BCUT2D eigenvalue weighted by atomic mass is 16.6. The van der Waals surface area contributed by atoms with Crippen LogP contribution in [0.2, 0.25) is 0 Å². The molecular formula is C14H28N4O3. The van der Waals surface area contributed by atoms with Gasteiger partial charge >= 0.3 is 6.09 Å². The Labute approximate surface area is 126 Å². The van der Waals surface area contributed by atoms with Crippen molar-refractivity contribution in [2.24, 2.45) is 5.73 Å². The van der Waals surface area contributed by atoms with Crippen molar-refractivity contribution in [2.75, 3.05) is 45.8 Å². The van der Waals surface area contributed by atoms with Gasteiger partial charge in [0.15, 0.2) is 0 Å². The van der Waals surface area contributed by atoms with E-state index >= 15 is 0 Å². The van der Waals surface area contributed by atoms with Crippen LogP contribution in [0.4, 0.5) is 4.79 Å². The van der Waals surface area contributed by atoms with Crippen molar-refractivity contribution in [1.29, 1.82) is 0 Å². The lowest BCUT2D eigenvalue weighted by Gasteiger charge is -2.35. The van der Waals surface area contributed by atoms with E-state index in [-0.39, 0.29) is 12.0 Å². The maximum Gasteiger partial charge on any atom is 0.410 e. The SMILES string of the molecule is CC(C)(C)OC(=O)N1CCN(C(=O)CNCCCN)CC1. The topological polar surface area (TPSA) is 87.9 Å². The summed E-state index contributed by atoms with van der Waals surface area (Å²) in [5.74, 6) is 0.0656. The molecule has 0 aromatic rings. The second kappa shape index (κ2) is 8.19. The lowest BCUT2D eigenvalue weighted by atomic mass is 10.2. The van der Waals surface area contributed by atoms with Gasteiger partial charge in [0.05, 0.1) is 6.54 Å². The van der Waals surface area contributed by atoms with Gasteiger partial charge < -0.3 is 25.6 Å². The zero-order valence-corrected chi connectivity index (χ0v) is 13.4. The van der Waals surface area contributed by atoms with Crippen LogP contribution in [0.15, 0.2) is 0 Å². The van der Waals surface area contributed by atoms with Gasteiger partial charge in [0.2, 0.25) is 5.91 Å². The van der Waals surface area contributed by atoms with Crippen molar-refractivity contribution >= 4 is 12.0 Å². The second-order valence-electron chi connectivity index (χ2n) is 6.17. The minimum atomic E-state index is -0.489. The van der Waals surface area contributed by atoms with Crippen LogP contribution in [-0.2, 0) is 9.53 Å². The monoisotopic (exact) mass is 300 g/mol. The summed E-state index contributed by atoms with van der Waals surface area (Å²) in [7, 11) is 0. The van der Waals surface area contributed by atoms with Crippen LogP contribution in [0.3, 0.4) is 0 Å². The molecule has 0 bridgehead atoms. The van der Waals surface area contributed by atoms with E-state index in [1.54, 1.807) is 9.80 Å². The first-order valence-corrected chi connectivity index (χ1v) is 7.50. The first-order valence-electron chi connectivity index (χ1n) is 7.50. The van der Waals surface area contributed by atoms with Gasteiger partial charge in [-0.15, -0.1) is 0 Å². The van der Waals surface area contributed by atoms with E-state index < -0.39 is 5.60 Å². The minimum Gasteiger partial charge on any atom is -0.444 e. The van der Waals surface area contributed by atoms with Crippen LogP contribution in [0.1, 0.15) is 27.2 Å². The molecule has 2 amide bonds. The van der Waals surface area contributed by atoms with E-state index in [2.05, 4.69) is 5.32 Å². The van der Waals surface area contributed by atoms with Crippen LogP contribution < -0.4 is 11.1 Å². The van der Waals surface area contributed by atoms with Gasteiger partial charge in [0.25, 0.3) is 0 Å². The number of ether oxygens (including phenoxy) is 1. The molecule has 0 spiro atoms. The molecule has 3 N–H and O–H groups in total. The summed E-state index contributed by atoms with van der Waals surface area (Å²) < 4.78 is 5.32. The number of nitrogens with zero attached hydrogens (tertiary/aromatic N) is 2. The predicted octanol–water partition coefficient (Wildman–Crippen LogP) is 0.00410. The van der Waals surface area contributed by atoms with Crippen molar-refractivity contribution in [1.82, 2.24) is 15.1 Å². The van der Waals surface area contributed by atoms with Crippen molar-refractivity contribution in [3.8, 4) is 0 Å². The number of hydrogen-bond acceptors (Lipinski definition) is 5. The summed E-state index contributed by atoms with van der Waals surface area (Å²) >= 11 is 0. The van der Waals surface area contributed by atoms with Crippen molar-refractivity contribution in [2.45, 2.75) is 32.8 Å². The molecule has 21 heavy (non-hydrogen) atoms. The van der Waals surface area contributed by atoms with E-state index in [1.165, 1.54) is 0 Å². The van der Waals surface area contributed by atoms with Crippen molar-refractivity contribution in [3.05, 3.63) is 0 Å². The number of nitrogens with one attached hydrogen (secondary N) is 1. The summed E-state index contributed by atoms with van der Waals surface area (Å²) in [6, 6.07) is 0. The van der Waals surface area contributed by atoms with Crippen molar-refractivity contribution in [3.63, 3.8) is 0 Å². The molecule has 0 aromatic carbocycles. The van der Waals surface area contributed by atoms with E-state index in [4.69, 9.17) is 10.5 Å². The van der Waals surface area contributed by atoms with E-state index in [9.17, 15) is 9.59 Å². The Morgan fingerprint density at radius 1 is 1.14 bits per heavy atom. The number of amides is 2. The molecule has 7 heteroatoms. The number of rotatable bonds is 5. The summed E-state index contributed by atoms with van der Waals surface area (Å²) in [5.41, 5.74) is 4.90. The molecule has 1 aliphatic heterocycles. The molecule has 0 unspecified atom stereocenters. The molecular weight excluding hydrogens is 272 g/mol. The third-order valence-electron chi connectivity index (χ3n) is 3.12. The molecule has 1 heterocycles. The average Bonchev–Trinajstić information content (AvgIpc) is 2.41. The third kappa shape index (κ3) is 6.77. The summed E-state index contributed by atoms with van der Waals surface area (Å²) in [4.78, 5) is 27.3. The fraction of sp³-hybridized carbons (Fsp3) is 0.857. The molecule has 122 valence electrons. The molecule has 0 aromatic heterocycles. The average molecular weight is 300 g/mol. The van der Waals surface area contributed by atoms with E-state index in [1.807, 2.05) is 20.8 Å². The molecule has 7 nitrogen and oxygen atoms in total. The molecule has 1 fully saturated rings. The Morgan fingerprint density at radius 2 is 1.71 bits per heavy atom. The Bertz CT molecular complexity index is 347. The van der Waals surface area contributed by atoms with Crippen LogP contribution >= 0.6 is 0 Å². The molecule has 1 aliphatic rings. The second-order valence-corrected chi connectivity index (χ2v) is 6.17. The van der Waals surface area contributed by atoms with Gasteiger partial charge in [-0.05, 0) is 40.3 Å². The summed E-state index contributed by atoms with van der Waals surface area (Å²) in [6.07, 6.45) is 0.551. The van der Waals surface area contributed by atoms with Crippen LogP contribution in [0, 0.1) is 0 Å². The standard InChI is InChI=1S/C14H28N4O3/c1-14(2,3)21-13(20)18-9-7-17(8-10-18)12(19)11-16-6-4-5-15/h16H,4-11,15H2,1-3H3. The quantitative estimate of drug-likeness (QED) is 0.698. The molecule has 0 atom stereocenters. The van der Waals surface area contributed by atoms with Crippen LogP contribution in [0.5, 0.6) is 0 Å². The lowest BCUT2D eigenvalue weighted by Crippen LogP contribution is -2.53. The molecule has 0 radical (unpaired) electrons. The fourth-order valence-corrected chi connectivity index (χ4v) is 2.00. The maximum absolute atomic E-state index is 12.0. The van der Waals surface area contributed by atoms with Gasteiger partial charge in [0.1, 0.15) is 5.60 Å². The van der Waals surface area contributed by atoms with Gasteiger partial charge in [-0.2, -0.15) is 0 Å². The molecule has 0 aliphatic carbocycles. The van der Waals surface area contributed by atoms with Gasteiger partial charge in [-0.1, -0.05) is 0 Å². The lowest BCUT2D eigenvalue weighted by molar-refractivity contribution is -0.132. The van der Waals surface area contributed by atoms with Crippen molar-refractivity contribution < 1.29 is 14.3 Å². The van der Waals surface area contributed by atoms with E-state index in [0.717, 1.165) is 13.0 Å². The number of nitrogens with two attached hydrogens (primary N) is 1. The summed E-state index contributed by atoms with van der Waals surface area (Å²) in [6.45, 7) is 9.37. The molecule has 1 saturated heterocycles. The summed E-state index contributed by atoms with van der Waals surface area (Å²) in [5, 5.41) is 3.07. The van der Waals surface area contributed by atoms with E-state index in [0.29, 0.717) is 39.3 Å². The number of carbonyl (C=O) groups excluding carboxylic acids is 2. The van der Waals surface area contributed by atoms with Crippen LogP contribution in [-0.4, -0.2) is 73.2 Å².